The van der Waals surface area contributed by atoms with Gasteiger partial charge in [0.15, 0.2) is 5.65 Å². The highest BCUT2D eigenvalue weighted by atomic mass is 32.1. The Labute approximate surface area is 171 Å². The topological polar surface area (TPSA) is 77.8 Å². The Balaban J connectivity index is 1.57. The molecule has 0 saturated carbocycles. The van der Waals surface area contributed by atoms with Gasteiger partial charge in [-0.3, -0.25) is 4.79 Å². The zero-order valence-electron chi connectivity index (χ0n) is 16.3. The number of carbonyl (C=O) groups excluding carboxylic acids is 1. The molecule has 4 rings (SSSR count). The average molecular weight is 408 g/mol. The van der Waals surface area contributed by atoms with Crippen LogP contribution < -0.4 is 14.8 Å². The van der Waals surface area contributed by atoms with Gasteiger partial charge in [-0.1, -0.05) is 0 Å². The molecule has 0 atom stereocenters. The number of ether oxygens (including phenoxy) is 2. The first-order valence-corrected chi connectivity index (χ1v) is 9.92. The van der Waals surface area contributed by atoms with E-state index < -0.39 is 0 Å². The molecule has 3 heterocycles. The first-order valence-electron chi connectivity index (χ1n) is 8.98. The van der Waals surface area contributed by atoms with Gasteiger partial charge in [-0.25, -0.2) is 9.50 Å². The van der Waals surface area contributed by atoms with E-state index in [1.165, 1.54) is 0 Å². The summed E-state index contributed by atoms with van der Waals surface area (Å²) in [4.78, 5) is 17.2. The summed E-state index contributed by atoms with van der Waals surface area (Å²) in [5, 5.41) is 11.5. The Bertz CT molecular complexity index is 1170. The second-order valence-corrected chi connectivity index (χ2v) is 7.23. The number of aromatic nitrogens is 3. The molecular weight excluding hydrogens is 388 g/mol. The van der Waals surface area contributed by atoms with E-state index in [0.29, 0.717) is 29.4 Å². The number of carbonyl (C=O) groups is 1. The Hall–Kier alpha value is -3.39. The minimum absolute atomic E-state index is 0.265. The summed E-state index contributed by atoms with van der Waals surface area (Å²) in [6, 6.07) is 11.1. The van der Waals surface area contributed by atoms with E-state index in [1.54, 1.807) is 36.1 Å². The van der Waals surface area contributed by atoms with Crippen molar-refractivity contribution in [1.82, 2.24) is 19.9 Å². The van der Waals surface area contributed by atoms with E-state index >= 15 is 0 Å². The van der Waals surface area contributed by atoms with Gasteiger partial charge in [-0.05, 0) is 42.6 Å². The van der Waals surface area contributed by atoms with Gasteiger partial charge < -0.3 is 14.8 Å². The number of hydrogen-bond donors (Lipinski definition) is 1. The first kappa shape index (κ1) is 18.9. The van der Waals surface area contributed by atoms with E-state index in [1.807, 2.05) is 48.0 Å². The summed E-state index contributed by atoms with van der Waals surface area (Å²) in [6.45, 7) is 2.20. The predicted molar refractivity (Wildman–Crippen MR) is 112 cm³/mol. The largest absolute Gasteiger partial charge is 0.497 e. The highest BCUT2D eigenvalue weighted by Gasteiger charge is 2.14. The van der Waals surface area contributed by atoms with Crippen LogP contribution in [0.15, 0.2) is 47.2 Å². The van der Waals surface area contributed by atoms with E-state index in [-0.39, 0.29) is 5.91 Å². The molecule has 0 unspecified atom stereocenters. The Morgan fingerprint density at radius 1 is 1.17 bits per heavy atom. The summed E-state index contributed by atoms with van der Waals surface area (Å²) in [6.07, 6.45) is 0. The molecule has 0 fully saturated rings. The highest BCUT2D eigenvalue weighted by molar-refractivity contribution is 7.08. The third-order valence-corrected chi connectivity index (χ3v) is 5.27. The van der Waals surface area contributed by atoms with Crippen LogP contribution in [0.5, 0.6) is 11.5 Å². The monoisotopic (exact) mass is 408 g/mol. The van der Waals surface area contributed by atoms with Crippen LogP contribution in [-0.2, 0) is 6.54 Å². The van der Waals surface area contributed by atoms with Gasteiger partial charge in [0.05, 0.1) is 19.9 Å². The summed E-state index contributed by atoms with van der Waals surface area (Å²) < 4.78 is 12.4. The molecule has 0 spiro atoms. The van der Waals surface area contributed by atoms with Crippen LogP contribution in [0.2, 0.25) is 0 Å². The van der Waals surface area contributed by atoms with Gasteiger partial charge in [0.2, 0.25) is 0 Å². The summed E-state index contributed by atoms with van der Waals surface area (Å²) in [5.74, 6) is 1.12. The van der Waals surface area contributed by atoms with Gasteiger partial charge in [0.25, 0.3) is 5.91 Å². The maximum atomic E-state index is 12.7. The fourth-order valence-corrected chi connectivity index (χ4v) is 3.73. The smallest absolute Gasteiger partial charge is 0.270 e. The Kier molecular flexibility index (Phi) is 5.18. The number of rotatable bonds is 6. The molecule has 148 valence electrons. The maximum absolute atomic E-state index is 12.7. The number of fused-ring (bicyclic) bond motifs is 1. The van der Waals surface area contributed by atoms with E-state index in [0.717, 1.165) is 22.5 Å². The average Bonchev–Trinajstić information content (AvgIpc) is 3.41. The zero-order valence-corrected chi connectivity index (χ0v) is 17.1. The van der Waals surface area contributed by atoms with Gasteiger partial charge >= 0.3 is 0 Å². The molecule has 4 aromatic rings. The molecule has 7 nitrogen and oxygen atoms in total. The number of amides is 1. The van der Waals surface area contributed by atoms with Crippen LogP contribution in [-0.4, -0.2) is 34.7 Å². The van der Waals surface area contributed by atoms with Gasteiger partial charge in [0.1, 0.15) is 17.2 Å². The molecule has 0 saturated heterocycles. The van der Waals surface area contributed by atoms with E-state index in [2.05, 4.69) is 15.4 Å². The minimum atomic E-state index is -0.265. The number of hydrogen-bond acceptors (Lipinski definition) is 6. The lowest BCUT2D eigenvalue weighted by molar-refractivity contribution is 0.0945. The Morgan fingerprint density at radius 3 is 2.76 bits per heavy atom. The van der Waals surface area contributed by atoms with Gasteiger partial charge in [-0.2, -0.15) is 16.4 Å². The van der Waals surface area contributed by atoms with Crippen molar-refractivity contribution in [2.45, 2.75) is 13.5 Å². The lowest BCUT2D eigenvalue weighted by atomic mass is 10.2. The van der Waals surface area contributed by atoms with Crippen LogP contribution in [0.1, 0.15) is 21.7 Å². The summed E-state index contributed by atoms with van der Waals surface area (Å²) in [7, 11) is 3.19. The van der Waals surface area contributed by atoms with Crippen LogP contribution in [0.4, 0.5) is 0 Å². The fourth-order valence-electron chi connectivity index (χ4n) is 3.08. The van der Waals surface area contributed by atoms with Crippen molar-refractivity contribution < 1.29 is 14.3 Å². The Morgan fingerprint density at radius 2 is 2.03 bits per heavy atom. The van der Waals surface area contributed by atoms with Crippen LogP contribution >= 0.6 is 11.3 Å². The molecule has 8 heteroatoms. The molecule has 0 aliphatic rings. The molecule has 1 N–H and O–H groups in total. The summed E-state index contributed by atoms with van der Waals surface area (Å²) >= 11 is 1.61. The molecule has 0 radical (unpaired) electrons. The van der Waals surface area contributed by atoms with Crippen LogP contribution in [0.25, 0.3) is 16.9 Å². The van der Waals surface area contributed by atoms with Crippen molar-refractivity contribution in [3.8, 4) is 22.8 Å². The molecule has 3 aromatic heterocycles. The number of nitrogens with one attached hydrogen (secondary N) is 1. The fraction of sp³-hybridized carbons (Fsp3) is 0.190. The lowest BCUT2D eigenvalue weighted by Crippen LogP contribution is -2.24. The second-order valence-electron chi connectivity index (χ2n) is 6.45. The zero-order chi connectivity index (χ0) is 20.4. The normalized spacial score (nSPS) is 10.9. The number of methoxy groups -OCH3 is 2. The first-order chi connectivity index (χ1) is 14.1. The molecular formula is C21H20N4O3S. The third-order valence-electron chi connectivity index (χ3n) is 4.58. The number of thiophene rings is 1. The van der Waals surface area contributed by atoms with Crippen molar-refractivity contribution >= 4 is 22.9 Å². The maximum Gasteiger partial charge on any atom is 0.270 e. The number of nitrogens with zero attached hydrogens (tertiary/aromatic N) is 3. The molecule has 1 amide bonds. The molecule has 0 aliphatic heterocycles. The minimum Gasteiger partial charge on any atom is -0.497 e. The standard InChI is InChI=1S/C21H20N4O3S/c1-13-8-18(23-20-10-17(24-25(13)20)14-6-7-29-12-14)21(26)22-11-15-9-16(27-2)4-5-19(15)28-3/h4-10,12H,11H2,1-3H3,(H,22,26). The van der Waals surface area contributed by atoms with Crippen molar-refractivity contribution in [2.24, 2.45) is 0 Å². The van der Waals surface area contributed by atoms with Gasteiger partial charge in [0, 0.05) is 34.8 Å². The lowest BCUT2D eigenvalue weighted by Gasteiger charge is -2.11. The quantitative estimate of drug-likeness (QED) is 0.526. The molecule has 29 heavy (non-hydrogen) atoms. The summed E-state index contributed by atoms with van der Waals surface area (Å²) in [5.41, 5.74) is 4.50. The number of aryl methyl sites for hydroxylation is 1. The highest BCUT2D eigenvalue weighted by Crippen LogP contribution is 2.24. The van der Waals surface area contributed by atoms with Crippen molar-refractivity contribution in [3.05, 3.63) is 64.1 Å². The molecule has 0 bridgehead atoms. The van der Waals surface area contributed by atoms with Crippen molar-refractivity contribution in [2.75, 3.05) is 14.2 Å². The molecule has 0 aliphatic carbocycles. The second kappa shape index (κ2) is 7.92. The third kappa shape index (κ3) is 3.79. The predicted octanol–water partition coefficient (Wildman–Crippen LogP) is 3.71. The van der Waals surface area contributed by atoms with Gasteiger partial charge in [-0.15, -0.1) is 0 Å². The SMILES string of the molecule is COc1ccc(OC)c(CNC(=O)c2cc(C)n3nc(-c4ccsc4)cc3n2)c1. The van der Waals surface area contributed by atoms with Crippen LogP contribution in [0, 0.1) is 6.92 Å². The number of benzene rings is 1. The van der Waals surface area contributed by atoms with Crippen molar-refractivity contribution in [1.29, 1.82) is 0 Å². The van der Waals surface area contributed by atoms with Crippen LogP contribution in [0.3, 0.4) is 0 Å². The molecule has 1 aromatic carbocycles. The van der Waals surface area contributed by atoms with E-state index in [9.17, 15) is 4.79 Å². The van der Waals surface area contributed by atoms with Crippen molar-refractivity contribution in [3.63, 3.8) is 0 Å². The van der Waals surface area contributed by atoms with E-state index in [4.69, 9.17) is 9.47 Å².